The quantitative estimate of drug-likeness (QED) is 0.267. The molecule has 0 saturated carbocycles. The second kappa shape index (κ2) is 10.1. The molecule has 5 aromatic rings. The highest BCUT2D eigenvalue weighted by atomic mass is 16.5. The molecule has 0 atom stereocenters. The third-order valence-electron chi connectivity index (χ3n) is 5.62. The first-order valence-electron chi connectivity index (χ1n) is 11.2. The van der Waals surface area contributed by atoms with Crippen LogP contribution in [-0.2, 0) is 0 Å². The molecule has 0 fully saturated rings. The van der Waals surface area contributed by atoms with Crippen molar-refractivity contribution in [1.82, 2.24) is 20.2 Å². The molecule has 0 bridgehead atoms. The van der Waals surface area contributed by atoms with E-state index in [-0.39, 0.29) is 5.69 Å². The summed E-state index contributed by atoms with van der Waals surface area (Å²) in [4.78, 5) is 17.1. The fourth-order valence-electron chi connectivity index (χ4n) is 3.81. The zero-order chi connectivity index (χ0) is 24.9. The number of ether oxygens (including phenoxy) is 2. The number of aromatic nitrogens is 3. The summed E-state index contributed by atoms with van der Waals surface area (Å²) in [6.45, 7) is 0. The Labute approximate surface area is 207 Å². The van der Waals surface area contributed by atoms with Crippen molar-refractivity contribution >= 4 is 23.0 Å². The van der Waals surface area contributed by atoms with Crippen molar-refractivity contribution in [2.75, 3.05) is 14.2 Å². The van der Waals surface area contributed by atoms with Gasteiger partial charge in [0.25, 0.3) is 5.91 Å². The van der Waals surface area contributed by atoms with E-state index >= 15 is 0 Å². The zero-order valence-corrected chi connectivity index (χ0v) is 19.8. The minimum absolute atomic E-state index is 0.283. The summed E-state index contributed by atoms with van der Waals surface area (Å²) in [5.74, 6) is 0.803. The van der Waals surface area contributed by atoms with Gasteiger partial charge in [0.1, 0.15) is 11.4 Å². The predicted molar refractivity (Wildman–Crippen MR) is 139 cm³/mol. The molecule has 2 aromatic heterocycles. The highest BCUT2D eigenvalue weighted by Crippen LogP contribution is 2.33. The van der Waals surface area contributed by atoms with E-state index in [0.29, 0.717) is 22.8 Å². The molecular weight excluding hydrogens is 454 g/mol. The second-order valence-electron chi connectivity index (χ2n) is 7.87. The van der Waals surface area contributed by atoms with Crippen LogP contribution in [0.15, 0.2) is 96.2 Å². The molecule has 0 spiro atoms. The largest absolute Gasteiger partial charge is 0.493 e. The summed E-state index contributed by atoms with van der Waals surface area (Å²) in [6, 6.07) is 26.5. The highest BCUT2D eigenvalue weighted by Gasteiger charge is 2.14. The lowest BCUT2D eigenvalue weighted by Crippen LogP contribution is -2.18. The van der Waals surface area contributed by atoms with E-state index in [9.17, 15) is 4.79 Å². The molecule has 5 rings (SSSR count). The number of nitrogens with zero attached hydrogens (tertiary/aromatic N) is 4. The van der Waals surface area contributed by atoms with Gasteiger partial charge in [0, 0.05) is 22.7 Å². The summed E-state index contributed by atoms with van der Waals surface area (Å²) in [5.41, 5.74) is 6.67. The van der Waals surface area contributed by atoms with Crippen LogP contribution in [0.1, 0.15) is 16.1 Å². The van der Waals surface area contributed by atoms with Gasteiger partial charge in [-0.05, 0) is 42.5 Å². The SMILES string of the molecule is COc1ccc(-c2nn(-c3ccccc3)cc2/C=N\NC(=O)c2ccc3ccccc3n2)cc1OC. The Morgan fingerprint density at radius 2 is 1.69 bits per heavy atom. The lowest BCUT2D eigenvalue weighted by molar-refractivity contribution is 0.0950. The first-order valence-corrected chi connectivity index (χ1v) is 11.2. The van der Waals surface area contributed by atoms with Gasteiger partial charge in [0.15, 0.2) is 11.5 Å². The molecule has 1 N–H and O–H groups in total. The molecule has 36 heavy (non-hydrogen) atoms. The molecule has 8 nitrogen and oxygen atoms in total. The van der Waals surface area contributed by atoms with Gasteiger partial charge < -0.3 is 9.47 Å². The number of nitrogens with one attached hydrogen (secondary N) is 1. The topological polar surface area (TPSA) is 90.6 Å². The van der Waals surface area contributed by atoms with Crippen molar-refractivity contribution in [2.24, 2.45) is 5.10 Å². The van der Waals surface area contributed by atoms with Crippen LogP contribution in [0.3, 0.4) is 0 Å². The van der Waals surface area contributed by atoms with Crippen molar-refractivity contribution in [3.05, 3.63) is 102 Å². The van der Waals surface area contributed by atoms with Crippen LogP contribution in [0.5, 0.6) is 11.5 Å². The first-order chi connectivity index (χ1) is 17.7. The number of hydrazone groups is 1. The Morgan fingerprint density at radius 1 is 0.917 bits per heavy atom. The average Bonchev–Trinajstić information content (AvgIpc) is 3.37. The molecule has 3 aromatic carbocycles. The number of rotatable bonds is 7. The molecule has 178 valence electrons. The van der Waals surface area contributed by atoms with Crippen LogP contribution in [0, 0.1) is 0 Å². The van der Waals surface area contributed by atoms with Gasteiger partial charge in [-0.15, -0.1) is 0 Å². The molecule has 0 saturated heterocycles. The van der Waals surface area contributed by atoms with Gasteiger partial charge in [-0.3, -0.25) is 4.79 Å². The van der Waals surface area contributed by atoms with E-state index in [0.717, 1.165) is 22.2 Å². The van der Waals surface area contributed by atoms with Gasteiger partial charge in [-0.1, -0.05) is 42.5 Å². The molecule has 0 radical (unpaired) electrons. The van der Waals surface area contributed by atoms with Crippen LogP contribution in [-0.4, -0.2) is 41.1 Å². The van der Waals surface area contributed by atoms with Gasteiger partial charge >= 0.3 is 0 Å². The number of hydrogen-bond donors (Lipinski definition) is 1. The summed E-state index contributed by atoms with van der Waals surface area (Å²) in [6.07, 6.45) is 3.42. The van der Waals surface area contributed by atoms with Crippen molar-refractivity contribution in [1.29, 1.82) is 0 Å². The Bertz CT molecular complexity index is 1560. The normalized spacial score (nSPS) is 11.1. The molecule has 0 aliphatic carbocycles. The number of fused-ring (bicyclic) bond motifs is 1. The van der Waals surface area contributed by atoms with Crippen LogP contribution in [0.4, 0.5) is 0 Å². The second-order valence-corrected chi connectivity index (χ2v) is 7.87. The number of para-hydroxylation sites is 2. The van der Waals surface area contributed by atoms with E-state index < -0.39 is 5.91 Å². The Hall–Kier alpha value is -4.98. The van der Waals surface area contributed by atoms with Crippen molar-refractivity contribution < 1.29 is 14.3 Å². The van der Waals surface area contributed by atoms with E-state index in [1.165, 1.54) is 0 Å². The first kappa shape index (κ1) is 22.8. The van der Waals surface area contributed by atoms with Gasteiger partial charge in [0.2, 0.25) is 0 Å². The summed E-state index contributed by atoms with van der Waals surface area (Å²) in [7, 11) is 3.18. The van der Waals surface area contributed by atoms with Gasteiger partial charge in [-0.25, -0.2) is 15.1 Å². The molecule has 1 amide bonds. The van der Waals surface area contributed by atoms with E-state index in [1.54, 1.807) is 31.2 Å². The minimum atomic E-state index is -0.403. The van der Waals surface area contributed by atoms with Crippen molar-refractivity contribution in [3.63, 3.8) is 0 Å². The molecule has 2 heterocycles. The molecule has 8 heteroatoms. The lowest BCUT2D eigenvalue weighted by atomic mass is 10.1. The third-order valence-corrected chi connectivity index (χ3v) is 5.62. The molecule has 0 aliphatic rings. The maximum Gasteiger partial charge on any atom is 0.289 e. The maximum absolute atomic E-state index is 12.7. The van der Waals surface area contributed by atoms with Crippen LogP contribution in [0.25, 0.3) is 27.8 Å². The third kappa shape index (κ3) is 4.65. The van der Waals surface area contributed by atoms with Crippen LogP contribution < -0.4 is 14.9 Å². The minimum Gasteiger partial charge on any atom is -0.493 e. The summed E-state index contributed by atoms with van der Waals surface area (Å²) in [5, 5.41) is 9.93. The highest BCUT2D eigenvalue weighted by molar-refractivity contribution is 5.96. The number of pyridine rings is 1. The fourth-order valence-corrected chi connectivity index (χ4v) is 3.81. The lowest BCUT2D eigenvalue weighted by Gasteiger charge is -2.09. The zero-order valence-electron chi connectivity index (χ0n) is 19.8. The number of methoxy groups -OCH3 is 2. The number of benzene rings is 3. The Kier molecular flexibility index (Phi) is 6.40. The van der Waals surface area contributed by atoms with Gasteiger partial charge in [-0.2, -0.15) is 10.2 Å². The molecule has 0 aliphatic heterocycles. The van der Waals surface area contributed by atoms with Gasteiger partial charge in [0.05, 0.1) is 31.6 Å². The van der Waals surface area contributed by atoms with Crippen molar-refractivity contribution in [2.45, 2.75) is 0 Å². The fraction of sp³-hybridized carbons (Fsp3) is 0.0714. The number of amides is 1. The average molecular weight is 478 g/mol. The maximum atomic E-state index is 12.7. The van der Waals surface area contributed by atoms with E-state index in [2.05, 4.69) is 15.5 Å². The molecular formula is C28H23N5O3. The summed E-state index contributed by atoms with van der Waals surface area (Å²) < 4.78 is 12.6. The number of carbonyl (C=O) groups excluding carboxylic acids is 1. The monoisotopic (exact) mass is 477 g/mol. The standard InChI is InChI=1S/C28H23N5O3/c1-35-25-15-13-20(16-26(25)36-2)27-21(18-33(32-27)22-9-4-3-5-10-22)17-29-31-28(34)24-14-12-19-8-6-7-11-23(19)30-24/h3-18H,1-2H3,(H,31,34)/b29-17-. The summed E-state index contributed by atoms with van der Waals surface area (Å²) >= 11 is 0. The van der Waals surface area contributed by atoms with Crippen LogP contribution in [0.2, 0.25) is 0 Å². The Morgan fingerprint density at radius 3 is 2.50 bits per heavy atom. The van der Waals surface area contributed by atoms with Crippen molar-refractivity contribution in [3.8, 4) is 28.4 Å². The predicted octanol–water partition coefficient (Wildman–Crippen LogP) is 4.87. The smallest absolute Gasteiger partial charge is 0.289 e. The number of hydrogen-bond acceptors (Lipinski definition) is 6. The van der Waals surface area contributed by atoms with Crippen LogP contribution >= 0.6 is 0 Å². The Balaban J connectivity index is 1.46. The van der Waals surface area contributed by atoms with E-state index in [4.69, 9.17) is 14.6 Å². The van der Waals surface area contributed by atoms with E-state index in [1.807, 2.05) is 85.1 Å². The number of carbonyl (C=O) groups is 1. The molecule has 0 unspecified atom stereocenters.